The summed E-state index contributed by atoms with van der Waals surface area (Å²) in [4.78, 5) is 8.34. The Morgan fingerprint density at radius 2 is 2.00 bits per heavy atom. The van der Waals surface area contributed by atoms with Gasteiger partial charge in [0.15, 0.2) is 5.65 Å². The molecule has 2 N–H and O–H groups in total. The minimum atomic E-state index is 0.509. The fraction of sp³-hybridized carbons (Fsp3) is 0.214. The van der Waals surface area contributed by atoms with Crippen LogP contribution in [-0.2, 0) is 13.5 Å². The fourth-order valence-electron chi connectivity index (χ4n) is 2.02. The first kappa shape index (κ1) is 12.6. The Kier molecular flexibility index (Phi) is 3.30. The molecule has 102 valence electrons. The first-order valence-electron chi connectivity index (χ1n) is 6.37. The van der Waals surface area contributed by atoms with Crippen molar-refractivity contribution in [3.8, 4) is 11.6 Å². The van der Waals surface area contributed by atoms with Gasteiger partial charge in [-0.3, -0.25) is 4.68 Å². The number of ether oxygens (including phenoxy) is 1. The molecule has 0 saturated heterocycles. The molecule has 3 aromatic rings. The Labute approximate surface area is 116 Å². The number of fused-ring (bicyclic) bond motifs is 1. The van der Waals surface area contributed by atoms with Crippen LogP contribution in [0.3, 0.4) is 0 Å². The molecule has 0 amide bonds. The van der Waals surface area contributed by atoms with E-state index in [1.54, 1.807) is 10.9 Å². The van der Waals surface area contributed by atoms with E-state index in [0.717, 1.165) is 23.2 Å². The highest BCUT2D eigenvalue weighted by atomic mass is 16.5. The van der Waals surface area contributed by atoms with Crippen LogP contribution in [0.5, 0.6) is 11.6 Å². The van der Waals surface area contributed by atoms with Gasteiger partial charge in [-0.25, -0.2) is 9.97 Å². The largest absolute Gasteiger partial charge is 0.438 e. The Hall–Kier alpha value is -2.47. The van der Waals surface area contributed by atoms with E-state index in [9.17, 15) is 0 Å². The SMILES string of the molecule is Cn1ncc2c(Oc3ccc(CCN)cc3)ncnc21. The molecule has 20 heavy (non-hydrogen) atoms. The van der Waals surface area contributed by atoms with Gasteiger partial charge < -0.3 is 10.5 Å². The standard InChI is InChI=1S/C14H15N5O/c1-19-13-12(8-18-19)14(17-9-16-13)20-11-4-2-10(3-5-11)6-7-15/h2-5,8-9H,6-7,15H2,1H3. The van der Waals surface area contributed by atoms with Crippen LogP contribution in [0.4, 0.5) is 0 Å². The predicted molar refractivity (Wildman–Crippen MR) is 75.6 cm³/mol. The lowest BCUT2D eigenvalue weighted by Gasteiger charge is -2.06. The van der Waals surface area contributed by atoms with Crippen molar-refractivity contribution in [2.24, 2.45) is 12.8 Å². The van der Waals surface area contributed by atoms with Gasteiger partial charge >= 0.3 is 0 Å². The molecular formula is C14H15N5O. The highest BCUT2D eigenvalue weighted by molar-refractivity contribution is 5.79. The van der Waals surface area contributed by atoms with E-state index in [-0.39, 0.29) is 0 Å². The Morgan fingerprint density at radius 1 is 1.20 bits per heavy atom. The molecule has 1 aromatic carbocycles. The lowest BCUT2D eigenvalue weighted by atomic mass is 10.1. The maximum atomic E-state index is 5.80. The second-order valence-corrected chi connectivity index (χ2v) is 4.47. The molecule has 6 nitrogen and oxygen atoms in total. The molecule has 0 bridgehead atoms. The van der Waals surface area contributed by atoms with Crippen LogP contribution in [0.1, 0.15) is 5.56 Å². The lowest BCUT2D eigenvalue weighted by molar-refractivity contribution is 0.468. The third kappa shape index (κ3) is 2.33. The summed E-state index contributed by atoms with van der Waals surface area (Å²) in [7, 11) is 1.83. The zero-order valence-electron chi connectivity index (χ0n) is 11.2. The topological polar surface area (TPSA) is 78.9 Å². The highest BCUT2D eigenvalue weighted by Crippen LogP contribution is 2.26. The van der Waals surface area contributed by atoms with Crippen molar-refractivity contribution in [1.29, 1.82) is 0 Å². The van der Waals surface area contributed by atoms with Crippen LogP contribution < -0.4 is 10.5 Å². The van der Waals surface area contributed by atoms with E-state index in [0.29, 0.717) is 12.4 Å². The summed E-state index contributed by atoms with van der Waals surface area (Å²) in [6.07, 6.45) is 4.04. The van der Waals surface area contributed by atoms with Crippen molar-refractivity contribution < 1.29 is 4.74 Å². The number of nitrogens with zero attached hydrogens (tertiary/aromatic N) is 4. The van der Waals surface area contributed by atoms with Crippen molar-refractivity contribution in [2.45, 2.75) is 6.42 Å². The molecule has 2 heterocycles. The van der Waals surface area contributed by atoms with Crippen LogP contribution in [0.25, 0.3) is 11.0 Å². The second kappa shape index (κ2) is 5.26. The molecule has 0 aliphatic heterocycles. The average Bonchev–Trinajstić information content (AvgIpc) is 2.84. The molecule has 0 fully saturated rings. The Bertz CT molecular complexity index is 720. The molecule has 2 aromatic heterocycles. The minimum Gasteiger partial charge on any atom is -0.438 e. The van der Waals surface area contributed by atoms with Crippen LogP contribution >= 0.6 is 0 Å². The summed E-state index contributed by atoms with van der Waals surface area (Å²) in [6.45, 7) is 0.641. The maximum absolute atomic E-state index is 5.80. The summed E-state index contributed by atoms with van der Waals surface area (Å²) < 4.78 is 7.49. The van der Waals surface area contributed by atoms with E-state index in [4.69, 9.17) is 10.5 Å². The van der Waals surface area contributed by atoms with Crippen molar-refractivity contribution >= 4 is 11.0 Å². The molecule has 0 saturated carbocycles. The van der Waals surface area contributed by atoms with Gasteiger partial charge in [0.2, 0.25) is 5.88 Å². The fourth-order valence-corrected chi connectivity index (χ4v) is 2.02. The van der Waals surface area contributed by atoms with E-state index in [1.807, 2.05) is 31.3 Å². The monoisotopic (exact) mass is 269 g/mol. The van der Waals surface area contributed by atoms with Crippen LogP contribution in [0, 0.1) is 0 Å². The molecule has 0 aliphatic carbocycles. The van der Waals surface area contributed by atoms with Gasteiger partial charge in [-0.1, -0.05) is 12.1 Å². The van der Waals surface area contributed by atoms with E-state index in [2.05, 4.69) is 15.1 Å². The van der Waals surface area contributed by atoms with Crippen LogP contribution in [0.2, 0.25) is 0 Å². The van der Waals surface area contributed by atoms with Crippen LogP contribution in [-0.4, -0.2) is 26.3 Å². The van der Waals surface area contributed by atoms with E-state index >= 15 is 0 Å². The predicted octanol–water partition coefficient (Wildman–Crippen LogP) is 1.66. The normalized spacial score (nSPS) is 10.9. The molecule has 3 rings (SSSR count). The average molecular weight is 269 g/mol. The van der Waals surface area contributed by atoms with E-state index < -0.39 is 0 Å². The van der Waals surface area contributed by atoms with Gasteiger partial charge in [0, 0.05) is 7.05 Å². The number of rotatable bonds is 4. The number of aromatic nitrogens is 4. The molecule has 6 heteroatoms. The summed E-state index contributed by atoms with van der Waals surface area (Å²) >= 11 is 0. The maximum Gasteiger partial charge on any atom is 0.233 e. The third-order valence-corrected chi connectivity index (χ3v) is 3.06. The van der Waals surface area contributed by atoms with Gasteiger partial charge in [-0.05, 0) is 30.7 Å². The van der Waals surface area contributed by atoms with Gasteiger partial charge in [0.1, 0.15) is 17.5 Å². The van der Waals surface area contributed by atoms with Crippen molar-refractivity contribution in [3.63, 3.8) is 0 Å². The Morgan fingerprint density at radius 3 is 2.75 bits per heavy atom. The zero-order chi connectivity index (χ0) is 13.9. The molecule has 0 aliphatic rings. The number of hydrogen-bond donors (Lipinski definition) is 1. The van der Waals surface area contributed by atoms with Crippen molar-refractivity contribution in [2.75, 3.05) is 6.54 Å². The smallest absolute Gasteiger partial charge is 0.233 e. The quantitative estimate of drug-likeness (QED) is 0.779. The molecule has 0 spiro atoms. The Balaban J connectivity index is 1.89. The third-order valence-electron chi connectivity index (χ3n) is 3.06. The van der Waals surface area contributed by atoms with Gasteiger partial charge in [-0.15, -0.1) is 0 Å². The minimum absolute atomic E-state index is 0.509. The first-order valence-corrected chi connectivity index (χ1v) is 6.37. The van der Waals surface area contributed by atoms with Gasteiger partial charge in [0.05, 0.1) is 6.20 Å². The lowest BCUT2D eigenvalue weighted by Crippen LogP contribution is -2.02. The second-order valence-electron chi connectivity index (χ2n) is 4.47. The van der Waals surface area contributed by atoms with Crippen LogP contribution in [0.15, 0.2) is 36.8 Å². The molecule has 0 radical (unpaired) electrons. The number of aryl methyl sites for hydroxylation is 1. The van der Waals surface area contributed by atoms with Crippen molar-refractivity contribution in [3.05, 3.63) is 42.4 Å². The highest BCUT2D eigenvalue weighted by Gasteiger charge is 2.09. The molecular weight excluding hydrogens is 254 g/mol. The molecule has 0 unspecified atom stereocenters. The summed E-state index contributed by atoms with van der Waals surface area (Å²) in [5, 5.41) is 4.95. The summed E-state index contributed by atoms with van der Waals surface area (Å²) in [6, 6.07) is 7.83. The number of nitrogens with two attached hydrogens (primary N) is 1. The van der Waals surface area contributed by atoms with Crippen molar-refractivity contribution in [1.82, 2.24) is 19.7 Å². The number of benzene rings is 1. The summed E-state index contributed by atoms with van der Waals surface area (Å²) in [5.74, 6) is 1.24. The zero-order valence-corrected chi connectivity index (χ0v) is 11.2. The first-order chi connectivity index (χ1) is 9.78. The number of hydrogen-bond acceptors (Lipinski definition) is 5. The molecule has 0 atom stereocenters. The van der Waals surface area contributed by atoms with E-state index in [1.165, 1.54) is 11.9 Å². The van der Waals surface area contributed by atoms with Gasteiger partial charge in [-0.2, -0.15) is 5.10 Å². The summed E-state index contributed by atoms with van der Waals surface area (Å²) in [5.41, 5.74) is 7.46. The van der Waals surface area contributed by atoms with Gasteiger partial charge in [0.25, 0.3) is 0 Å².